The van der Waals surface area contributed by atoms with Crippen molar-refractivity contribution < 1.29 is 13.2 Å². The Morgan fingerprint density at radius 3 is 2.03 bits per heavy atom. The van der Waals surface area contributed by atoms with Crippen LogP contribution in [0.1, 0.15) is 49.2 Å². The van der Waals surface area contributed by atoms with Crippen LogP contribution in [-0.2, 0) is 16.6 Å². The second-order valence-corrected chi connectivity index (χ2v) is 10.5. The summed E-state index contributed by atoms with van der Waals surface area (Å²) < 4.78 is 27.5. The summed E-state index contributed by atoms with van der Waals surface area (Å²) >= 11 is 0. The Bertz CT molecular complexity index is 970. The molecule has 0 aliphatic rings. The maximum Gasteiger partial charge on any atom is 0.251 e. The highest BCUT2D eigenvalue weighted by atomic mass is 32.2. The van der Waals surface area contributed by atoms with Gasteiger partial charge in [0.05, 0.1) is 4.90 Å². The summed E-state index contributed by atoms with van der Waals surface area (Å²) in [5.41, 5.74) is 2.37. The Morgan fingerprint density at radius 1 is 1.00 bits per heavy atom. The van der Waals surface area contributed by atoms with Gasteiger partial charge in [-0.3, -0.25) is 4.79 Å². The summed E-state index contributed by atoms with van der Waals surface area (Å²) in [5, 5.41) is 3.10. The molecule has 0 heterocycles. The number of amides is 1. The molecular formula is C25H34N2O3S. The molecule has 5 nitrogen and oxygen atoms in total. The molecule has 0 aliphatic heterocycles. The molecule has 0 aliphatic carbocycles. The topological polar surface area (TPSA) is 66.5 Å². The van der Waals surface area contributed by atoms with Crippen LogP contribution in [-0.4, -0.2) is 31.2 Å². The molecule has 0 radical (unpaired) electrons. The first-order valence-corrected chi connectivity index (χ1v) is 12.1. The molecule has 0 saturated carbocycles. The third-order valence-corrected chi connectivity index (χ3v) is 7.13. The van der Waals surface area contributed by atoms with Crippen molar-refractivity contribution in [3.8, 4) is 0 Å². The zero-order chi connectivity index (χ0) is 23.2. The molecule has 0 spiro atoms. The quantitative estimate of drug-likeness (QED) is 0.538. The van der Waals surface area contributed by atoms with Crippen LogP contribution in [0.2, 0.25) is 0 Å². The number of carbonyl (C=O) groups is 1. The normalized spacial score (nSPS) is 12.0. The fourth-order valence-corrected chi connectivity index (χ4v) is 4.95. The van der Waals surface area contributed by atoms with Gasteiger partial charge in [-0.15, -0.1) is 6.58 Å². The fourth-order valence-electron chi connectivity index (χ4n) is 3.55. The monoisotopic (exact) mass is 442 g/mol. The third kappa shape index (κ3) is 6.52. The Balaban J connectivity index is 2.18. The minimum Gasteiger partial charge on any atom is -0.349 e. The Labute approximate surface area is 187 Å². The lowest BCUT2D eigenvalue weighted by atomic mass is 9.93. The minimum atomic E-state index is -3.66. The van der Waals surface area contributed by atoms with Crippen LogP contribution in [0.15, 0.2) is 66.1 Å². The van der Waals surface area contributed by atoms with E-state index in [-0.39, 0.29) is 29.9 Å². The summed E-state index contributed by atoms with van der Waals surface area (Å²) in [6.07, 6.45) is 1.57. The smallest absolute Gasteiger partial charge is 0.251 e. The second kappa shape index (κ2) is 10.7. The number of benzene rings is 2. The summed E-state index contributed by atoms with van der Waals surface area (Å²) in [6, 6.07) is 14.0. The van der Waals surface area contributed by atoms with Crippen LogP contribution < -0.4 is 5.32 Å². The summed E-state index contributed by atoms with van der Waals surface area (Å²) in [4.78, 5) is 12.9. The van der Waals surface area contributed by atoms with Crippen LogP contribution in [0.4, 0.5) is 0 Å². The van der Waals surface area contributed by atoms with Gasteiger partial charge in [-0.2, -0.15) is 4.31 Å². The molecule has 1 amide bonds. The molecule has 6 heteroatoms. The minimum absolute atomic E-state index is 0.0925. The summed E-state index contributed by atoms with van der Waals surface area (Å²) in [6.45, 7) is 14.4. The van der Waals surface area contributed by atoms with Gasteiger partial charge in [0.2, 0.25) is 10.0 Å². The Kier molecular flexibility index (Phi) is 8.60. The van der Waals surface area contributed by atoms with Crippen LogP contribution >= 0.6 is 0 Å². The van der Waals surface area contributed by atoms with E-state index < -0.39 is 10.0 Å². The van der Waals surface area contributed by atoms with Crippen molar-refractivity contribution in [3.05, 3.63) is 77.9 Å². The van der Waals surface area contributed by atoms with Gasteiger partial charge >= 0.3 is 0 Å². The van der Waals surface area contributed by atoms with E-state index in [2.05, 4.69) is 39.6 Å². The average Bonchev–Trinajstić information content (AvgIpc) is 2.71. The highest BCUT2D eigenvalue weighted by molar-refractivity contribution is 7.89. The van der Waals surface area contributed by atoms with Gasteiger partial charge in [0.25, 0.3) is 5.91 Å². The lowest BCUT2D eigenvalue weighted by molar-refractivity contribution is 0.0910. The fraction of sp³-hybridized carbons (Fsp3) is 0.400. The van der Waals surface area contributed by atoms with Crippen LogP contribution in [0.3, 0.4) is 0 Å². The van der Waals surface area contributed by atoms with Crippen molar-refractivity contribution in [1.82, 2.24) is 9.62 Å². The van der Waals surface area contributed by atoms with E-state index in [1.807, 2.05) is 6.92 Å². The van der Waals surface area contributed by atoms with E-state index >= 15 is 0 Å². The lowest BCUT2D eigenvalue weighted by Crippen LogP contribution is -2.42. The summed E-state index contributed by atoms with van der Waals surface area (Å²) in [7, 11) is -3.66. The highest BCUT2D eigenvalue weighted by Gasteiger charge is 2.24. The van der Waals surface area contributed by atoms with E-state index in [1.54, 1.807) is 54.6 Å². The van der Waals surface area contributed by atoms with Crippen molar-refractivity contribution in [2.45, 2.75) is 52.1 Å². The highest BCUT2D eigenvalue weighted by Crippen LogP contribution is 2.20. The Morgan fingerprint density at radius 2 is 1.55 bits per heavy atom. The summed E-state index contributed by atoms with van der Waals surface area (Å²) in [5.74, 6) is 0.555. The lowest BCUT2D eigenvalue weighted by Gasteiger charge is -2.26. The zero-order valence-electron chi connectivity index (χ0n) is 19.1. The first-order chi connectivity index (χ1) is 14.6. The largest absolute Gasteiger partial charge is 0.349 e. The molecule has 31 heavy (non-hydrogen) atoms. The number of nitrogens with zero attached hydrogens (tertiary/aromatic N) is 1. The molecule has 0 unspecified atom stereocenters. The standard InChI is InChI=1S/C25H34N2O3S/c1-7-16-27(31(29,30)23-14-8-20(6)9-15-23)17-21-10-12-22(13-11-21)25(28)26-24(18(2)3)19(4)5/h7-15,18-19,24H,1,16-17H2,2-6H3,(H,26,28). The molecule has 2 aromatic rings. The van der Waals surface area contributed by atoms with Gasteiger partial charge in [0.15, 0.2) is 0 Å². The van der Waals surface area contributed by atoms with E-state index in [4.69, 9.17) is 0 Å². The molecule has 0 atom stereocenters. The van der Waals surface area contributed by atoms with Crippen molar-refractivity contribution in [3.63, 3.8) is 0 Å². The predicted octanol–water partition coefficient (Wildman–Crippen LogP) is 4.78. The van der Waals surface area contributed by atoms with E-state index in [9.17, 15) is 13.2 Å². The molecule has 168 valence electrons. The van der Waals surface area contributed by atoms with E-state index in [1.165, 1.54) is 4.31 Å². The van der Waals surface area contributed by atoms with E-state index in [0.717, 1.165) is 11.1 Å². The first kappa shape index (κ1) is 24.8. The van der Waals surface area contributed by atoms with Gasteiger partial charge in [-0.1, -0.05) is 63.6 Å². The molecule has 0 fully saturated rings. The van der Waals surface area contributed by atoms with Gasteiger partial charge in [-0.05, 0) is 48.6 Å². The number of aryl methyl sites for hydroxylation is 1. The number of carbonyl (C=O) groups excluding carboxylic acids is 1. The molecule has 2 aromatic carbocycles. The molecule has 0 saturated heterocycles. The molecule has 2 rings (SSSR count). The van der Waals surface area contributed by atoms with Crippen molar-refractivity contribution >= 4 is 15.9 Å². The number of hydrogen-bond donors (Lipinski definition) is 1. The van der Waals surface area contributed by atoms with Crippen LogP contribution in [0, 0.1) is 18.8 Å². The van der Waals surface area contributed by atoms with Crippen molar-refractivity contribution in [2.24, 2.45) is 11.8 Å². The third-order valence-electron chi connectivity index (χ3n) is 5.30. The van der Waals surface area contributed by atoms with Gasteiger partial charge in [0.1, 0.15) is 0 Å². The number of rotatable bonds is 10. The SMILES string of the molecule is C=CCN(Cc1ccc(C(=O)NC(C(C)C)C(C)C)cc1)S(=O)(=O)c1ccc(C)cc1. The second-order valence-electron chi connectivity index (χ2n) is 8.58. The van der Waals surface area contributed by atoms with Gasteiger partial charge in [-0.25, -0.2) is 8.42 Å². The maximum atomic E-state index is 13.1. The maximum absolute atomic E-state index is 13.1. The number of hydrogen-bond acceptors (Lipinski definition) is 3. The van der Waals surface area contributed by atoms with Crippen LogP contribution in [0.5, 0.6) is 0 Å². The number of nitrogens with one attached hydrogen (secondary N) is 1. The van der Waals surface area contributed by atoms with Gasteiger partial charge < -0.3 is 5.32 Å². The molecule has 1 N–H and O–H groups in total. The van der Waals surface area contributed by atoms with Crippen LogP contribution in [0.25, 0.3) is 0 Å². The number of sulfonamides is 1. The predicted molar refractivity (Wildman–Crippen MR) is 126 cm³/mol. The first-order valence-electron chi connectivity index (χ1n) is 10.6. The molecule has 0 aromatic heterocycles. The average molecular weight is 443 g/mol. The van der Waals surface area contributed by atoms with E-state index in [0.29, 0.717) is 17.4 Å². The zero-order valence-corrected chi connectivity index (χ0v) is 19.9. The van der Waals surface area contributed by atoms with Crippen molar-refractivity contribution in [1.29, 1.82) is 0 Å². The molecule has 0 bridgehead atoms. The van der Waals surface area contributed by atoms with Gasteiger partial charge in [0, 0.05) is 24.7 Å². The molecular weight excluding hydrogens is 408 g/mol. The Hall–Kier alpha value is -2.44. The van der Waals surface area contributed by atoms with Crippen molar-refractivity contribution in [2.75, 3.05) is 6.54 Å².